The van der Waals surface area contributed by atoms with Gasteiger partial charge in [0.05, 0.1) is 12.5 Å². The molecule has 7 nitrogen and oxygen atoms in total. The molecular weight excluding hydrogens is 240 g/mol. The van der Waals surface area contributed by atoms with Crippen LogP contribution >= 0.6 is 0 Å². The van der Waals surface area contributed by atoms with E-state index in [9.17, 15) is 14.4 Å². The summed E-state index contributed by atoms with van der Waals surface area (Å²) in [6.07, 6.45) is 1.70. The van der Waals surface area contributed by atoms with E-state index in [-0.39, 0.29) is 0 Å². The minimum Gasteiger partial charge on any atom is -0.481 e. The molecule has 0 radical (unpaired) electrons. The van der Waals surface area contributed by atoms with Crippen molar-refractivity contribution in [3.05, 3.63) is 0 Å². The summed E-state index contributed by atoms with van der Waals surface area (Å²) in [6, 6.07) is -1.90. The van der Waals surface area contributed by atoms with Crippen molar-refractivity contribution in [2.24, 2.45) is 0 Å². The topological polar surface area (TPSA) is 116 Å². The van der Waals surface area contributed by atoms with Crippen molar-refractivity contribution >= 4 is 17.8 Å². The molecule has 1 amide bonds. The van der Waals surface area contributed by atoms with Gasteiger partial charge in [-0.3, -0.25) is 9.59 Å². The molecule has 0 aliphatic carbocycles. The molecule has 0 fully saturated rings. The van der Waals surface area contributed by atoms with Crippen LogP contribution < -0.4 is 10.6 Å². The summed E-state index contributed by atoms with van der Waals surface area (Å²) in [5.74, 6) is -3.10. The first-order valence-electron chi connectivity index (χ1n) is 5.84. The Morgan fingerprint density at radius 3 is 2.17 bits per heavy atom. The Morgan fingerprint density at radius 2 is 1.78 bits per heavy atom. The molecule has 0 aromatic heterocycles. The molecule has 0 saturated heterocycles. The third kappa shape index (κ3) is 6.19. The molecule has 0 aromatic rings. The Labute approximate surface area is 106 Å². The first-order valence-corrected chi connectivity index (χ1v) is 5.84. The molecule has 0 aromatic carbocycles. The Hall–Kier alpha value is -1.63. The summed E-state index contributed by atoms with van der Waals surface area (Å²) in [4.78, 5) is 33.0. The van der Waals surface area contributed by atoms with Crippen molar-refractivity contribution in [2.75, 3.05) is 7.05 Å². The number of rotatable bonds is 9. The smallest absolute Gasteiger partial charge is 0.326 e. The predicted molar refractivity (Wildman–Crippen MR) is 64.2 cm³/mol. The Bertz CT molecular complexity index is 306. The summed E-state index contributed by atoms with van der Waals surface area (Å²) in [5, 5.41) is 22.4. The van der Waals surface area contributed by atoms with Crippen molar-refractivity contribution in [3.8, 4) is 0 Å². The lowest BCUT2D eigenvalue weighted by Gasteiger charge is -2.18. The fraction of sp³-hybridized carbons (Fsp3) is 0.727. The zero-order valence-electron chi connectivity index (χ0n) is 10.6. The van der Waals surface area contributed by atoms with E-state index in [0.717, 1.165) is 12.8 Å². The first-order chi connectivity index (χ1) is 8.42. The normalized spacial score (nSPS) is 13.7. The number of carboxylic acid groups (broad SMARTS) is 2. The highest BCUT2D eigenvalue weighted by molar-refractivity contribution is 5.89. The molecule has 2 atom stereocenters. The number of carboxylic acids is 2. The molecule has 0 unspecified atom stereocenters. The minimum atomic E-state index is -1.40. The van der Waals surface area contributed by atoms with E-state index in [1.807, 2.05) is 6.92 Å². The lowest BCUT2D eigenvalue weighted by atomic mass is 10.1. The van der Waals surface area contributed by atoms with Crippen LogP contribution in [0.3, 0.4) is 0 Å². The minimum absolute atomic E-state index is 0.486. The number of carbonyl (C=O) groups excluding carboxylic acids is 1. The highest BCUT2D eigenvalue weighted by atomic mass is 16.4. The maximum absolute atomic E-state index is 11.7. The average Bonchev–Trinajstić information content (AvgIpc) is 2.28. The number of carbonyl (C=O) groups is 3. The van der Waals surface area contributed by atoms with Gasteiger partial charge in [-0.2, -0.15) is 0 Å². The van der Waals surface area contributed by atoms with Gasteiger partial charge in [-0.05, 0) is 13.5 Å². The lowest BCUT2D eigenvalue weighted by Crippen LogP contribution is -2.50. The molecular formula is C11H20N2O5. The molecule has 4 N–H and O–H groups in total. The first kappa shape index (κ1) is 16.4. The van der Waals surface area contributed by atoms with E-state index in [4.69, 9.17) is 10.2 Å². The molecule has 0 aliphatic heterocycles. The number of aliphatic carboxylic acids is 2. The van der Waals surface area contributed by atoms with E-state index < -0.39 is 36.4 Å². The largest absolute Gasteiger partial charge is 0.481 e. The number of likely N-dealkylation sites (N-methyl/N-ethyl adjacent to an activating group) is 1. The standard InChI is InChI=1S/C11H20N2O5/c1-3-4-5-7(12-2)10(16)13-8(11(17)18)6-9(14)15/h7-8,12H,3-6H2,1-2H3,(H,13,16)(H,14,15)(H,17,18)/t7-,8-/m0/s1. The van der Waals surface area contributed by atoms with E-state index in [1.54, 1.807) is 7.05 Å². The van der Waals surface area contributed by atoms with Gasteiger partial charge in [0.1, 0.15) is 6.04 Å². The summed E-state index contributed by atoms with van der Waals surface area (Å²) in [5.41, 5.74) is 0. The highest BCUT2D eigenvalue weighted by Gasteiger charge is 2.26. The molecule has 0 heterocycles. The van der Waals surface area contributed by atoms with Crippen LogP contribution in [0.25, 0.3) is 0 Å². The van der Waals surface area contributed by atoms with Crippen LogP contribution in [0.4, 0.5) is 0 Å². The SMILES string of the molecule is CCCC[C@H](NC)C(=O)N[C@@H](CC(=O)O)C(=O)O. The number of nitrogens with one attached hydrogen (secondary N) is 2. The maximum atomic E-state index is 11.7. The molecule has 7 heteroatoms. The fourth-order valence-corrected chi connectivity index (χ4v) is 1.46. The summed E-state index contributed by atoms with van der Waals surface area (Å²) in [7, 11) is 1.60. The van der Waals surface area contributed by atoms with E-state index >= 15 is 0 Å². The van der Waals surface area contributed by atoms with Crippen LogP contribution in [0, 0.1) is 0 Å². The van der Waals surface area contributed by atoms with Gasteiger partial charge in [0.25, 0.3) is 0 Å². The maximum Gasteiger partial charge on any atom is 0.326 e. The van der Waals surface area contributed by atoms with Crippen molar-refractivity contribution in [1.29, 1.82) is 0 Å². The van der Waals surface area contributed by atoms with Gasteiger partial charge < -0.3 is 20.8 Å². The van der Waals surface area contributed by atoms with Crippen molar-refractivity contribution in [3.63, 3.8) is 0 Å². The van der Waals surface area contributed by atoms with Crippen LogP contribution in [-0.4, -0.2) is 47.2 Å². The van der Waals surface area contributed by atoms with Crippen LogP contribution in [0.15, 0.2) is 0 Å². The van der Waals surface area contributed by atoms with Gasteiger partial charge in [-0.15, -0.1) is 0 Å². The molecule has 0 aliphatic rings. The van der Waals surface area contributed by atoms with Crippen molar-refractivity contribution in [1.82, 2.24) is 10.6 Å². The number of hydrogen-bond donors (Lipinski definition) is 4. The summed E-state index contributed by atoms with van der Waals surface area (Å²) >= 11 is 0. The van der Waals surface area contributed by atoms with E-state index in [2.05, 4.69) is 10.6 Å². The number of hydrogen-bond acceptors (Lipinski definition) is 4. The van der Waals surface area contributed by atoms with Crippen molar-refractivity contribution in [2.45, 2.75) is 44.7 Å². The zero-order chi connectivity index (χ0) is 14.1. The third-order valence-corrected chi connectivity index (χ3v) is 2.50. The molecule has 0 rings (SSSR count). The Balaban J connectivity index is 4.46. The van der Waals surface area contributed by atoms with Gasteiger partial charge in [0.2, 0.25) is 5.91 Å². The Morgan fingerprint density at radius 1 is 1.17 bits per heavy atom. The van der Waals surface area contributed by atoms with Crippen molar-refractivity contribution < 1.29 is 24.6 Å². The zero-order valence-corrected chi connectivity index (χ0v) is 10.6. The fourth-order valence-electron chi connectivity index (χ4n) is 1.46. The molecule has 18 heavy (non-hydrogen) atoms. The molecule has 0 spiro atoms. The average molecular weight is 260 g/mol. The number of unbranched alkanes of at least 4 members (excludes halogenated alkanes) is 1. The van der Waals surface area contributed by atoms with Gasteiger partial charge in [-0.25, -0.2) is 4.79 Å². The molecule has 104 valence electrons. The summed E-state index contributed by atoms with van der Waals surface area (Å²) in [6.45, 7) is 1.98. The highest BCUT2D eigenvalue weighted by Crippen LogP contribution is 2.02. The second-order valence-electron chi connectivity index (χ2n) is 3.98. The van der Waals surface area contributed by atoms with Crippen LogP contribution in [0.2, 0.25) is 0 Å². The Kier molecular flexibility index (Phi) is 7.69. The van der Waals surface area contributed by atoms with Gasteiger partial charge in [0.15, 0.2) is 0 Å². The lowest BCUT2D eigenvalue weighted by molar-refractivity contribution is -0.147. The quantitative estimate of drug-likeness (QED) is 0.456. The summed E-state index contributed by atoms with van der Waals surface area (Å²) < 4.78 is 0. The monoisotopic (exact) mass is 260 g/mol. The van der Waals surface area contributed by atoms with E-state index in [1.165, 1.54) is 0 Å². The van der Waals surface area contributed by atoms with Gasteiger partial charge in [0, 0.05) is 0 Å². The second-order valence-corrected chi connectivity index (χ2v) is 3.98. The van der Waals surface area contributed by atoms with Crippen LogP contribution in [0.5, 0.6) is 0 Å². The van der Waals surface area contributed by atoms with Gasteiger partial charge >= 0.3 is 11.9 Å². The van der Waals surface area contributed by atoms with Gasteiger partial charge in [-0.1, -0.05) is 19.8 Å². The molecule has 0 bridgehead atoms. The van der Waals surface area contributed by atoms with Crippen LogP contribution in [-0.2, 0) is 14.4 Å². The van der Waals surface area contributed by atoms with Crippen LogP contribution in [0.1, 0.15) is 32.6 Å². The predicted octanol–water partition coefficient (Wildman–Crippen LogP) is -0.191. The molecule has 0 saturated carbocycles. The van der Waals surface area contributed by atoms with E-state index in [0.29, 0.717) is 6.42 Å². The second kappa shape index (κ2) is 8.46. The third-order valence-electron chi connectivity index (χ3n) is 2.50. The number of amides is 1.